The predicted octanol–water partition coefficient (Wildman–Crippen LogP) is 3.69. The largest absolute Gasteiger partial charge is 0.444 e. The highest BCUT2D eigenvalue weighted by Crippen LogP contribution is 2.50. The normalized spacial score (nSPS) is 41.0. The van der Waals surface area contributed by atoms with Gasteiger partial charge in [0.2, 0.25) is 5.60 Å². The molecule has 3 aliphatic rings. The van der Waals surface area contributed by atoms with Crippen LogP contribution in [0.25, 0.3) is 0 Å². The van der Waals surface area contributed by atoms with Gasteiger partial charge in [-0.3, -0.25) is 4.79 Å². The molecule has 0 aromatic carbocycles. The fraction of sp³-hybridized carbons (Fsp3) is 0.667. The summed E-state index contributed by atoms with van der Waals surface area (Å²) in [6, 6.07) is -0.0346. The molecule has 0 radical (unpaired) electrons. The Kier molecular flexibility index (Phi) is 6.37. The molecule has 6 atom stereocenters. The van der Waals surface area contributed by atoms with Gasteiger partial charge >= 0.3 is 5.97 Å². The van der Waals surface area contributed by atoms with E-state index in [1.165, 1.54) is 17.7 Å². The third-order valence-corrected chi connectivity index (χ3v) is 6.78. The third kappa shape index (κ3) is 4.20. The van der Waals surface area contributed by atoms with Crippen molar-refractivity contribution in [1.82, 2.24) is 5.32 Å². The maximum atomic E-state index is 13.4. The van der Waals surface area contributed by atoms with E-state index in [-0.39, 0.29) is 29.7 Å². The summed E-state index contributed by atoms with van der Waals surface area (Å²) in [5.41, 5.74) is 1.14. The van der Waals surface area contributed by atoms with Crippen LogP contribution in [-0.2, 0) is 14.3 Å². The van der Waals surface area contributed by atoms with Crippen LogP contribution < -0.4 is 5.32 Å². The van der Waals surface area contributed by atoms with Crippen LogP contribution in [0.2, 0.25) is 0 Å². The zero-order valence-corrected chi connectivity index (χ0v) is 18.3. The Morgan fingerprint density at radius 3 is 2.69 bits per heavy atom. The van der Waals surface area contributed by atoms with Gasteiger partial charge in [0.25, 0.3) is 5.91 Å². The Balaban J connectivity index is 2.13. The predicted molar refractivity (Wildman–Crippen MR) is 113 cm³/mol. The van der Waals surface area contributed by atoms with Crippen molar-refractivity contribution in [2.45, 2.75) is 78.0 Å². The maximum Gasteiger partial charge on any atom is 0.331 e. The molecule has 0 aromatic heterocycles. The highest BCUT2D eigenvalue weighted by Gasteiger charge is 2.64. The van der Waals surface area contributed by atoms with Crippen molar-refractivity contribution in [3.05, 3.63) is 35.5 Å². The van der Waals surface area contributed by atoms with E-state index in [0.717, 1.165) is 24.8 Å². The van der Waals surface area contributed by atoms with Crippen LogP contribution >= 0.6 is 0 Å². The highest BCUT2D eigenvalue weighted by atomic mass is 16.6. The first-order valence-corrected chi connectivity index (χ1v) is 10.9. The molecule has 2 heterocycles. The van der Waals surface area contributed by atoms with Gasteiger partial charge in [0.15, 0.2) is 0 Å². The third-order valence-electron chi connectivity index (χ3n) is 6.78. The van der Waals surface area contributed by atoms with Crippen molar-refractivity contribution in [2.75, 3.05) is 0 Å². The summed E-state index contributed by atoms with van der Waals surface area (Å²) in [6.45, 7) is 10.6. The molecular formula is C24H35NO4. The first-order valence-electron chi connectivity index (χ1n) is 10.9. The van der Waals surface area contributed by atoms with Crippen LogP contribution in [0.5, 0.6) is 0 Å². The maximum absolute atomic E-state index is 13.4. The number of nitrogens with one attached hydrogen (secondary N) is 1. The zero-order chi connectivity index (χ0) is 21.3. The summed E-state index contributed by atoms with van der Waals surface area (Å²) in [7, 11) is 0. The zero-order valence-electron chi connectivity index (χ0n) is 18.3. The monoisotopic (exact) mass is 401 g/mol. The molecule has 1 spiro atoms. The van der Waals surface area contributed by atoms with Gasteiger partial charge < -0.3 is 15.2 Å². The average molecular weight is 402 g/mol. The van der Waals surface area contributed by atoms with Gasteiger partial charge in [-0.05, 0) is 57.4 Å². The van der Waals surface area contributed by atoms with Crippen LogP contribution in [0.1, 0.15) is 60.3 Å². The van der Waals surface area contributed by atoms with E-state index < -0.39 is 17.7 Å². The first kappa shape index (κ1) is 21.8. The fourth-order valence-corrected chi connectivity index (χ4v) is 5.29. The van der Waals surface area contributed by atoms with E-state index in [9.17, 15) is 14.7 Å². The smallest absolute Gasteiger partial charge is 0.331 e. The molecule has 1 amide bonds. The Morgan fingerprint density at radius 1 is 1.28 bits per heavy atom. The minimum absolute atomic E-state index is 0.0346. The number of rotatable bonds is 2. The van der Waals surface area contributed by atoms with Crippen molar-refractivity contribution in [2.24, 2.45) is 23.7 Å². The second kappa shape index (κ2) is 8.47. The molecule has 5 heteroatoms. The van der Waals surface area contributed by atoms with Crippen molar-refractivity contribution in [1.29, 1.82) is 0 Å². The van der Waals surface area contributed by atoms with Crippen LogP contribution in [0.15, 0.2) is 35.5 Å². The number of aliphatic hydroxyl groups is 1. The van der Waals surface area contributed by atoms with Crippen molar-refractivity contribution < 1.29 is 19.4 Å². The molecule has 160 valence electrons. The second-order valence-electron chi connectivity index (χ2n) is 9.51. The quantitative estimate of drug-likeness (QED) is 0.547. The van der Waals surface area contributed by atoms with Gasteiger partial charge in [-0.1, -0.05) is 44.1 Å². The van der Waals surface area contributed by atoms with Crippen molar-refractivity contribution in [3.8, 4) is 0 Å². The Hall–Kier alpha value is -1.88. The number of hydrogen-bond donors (Lipinski definition) is 2. The van der Waals surface area contributed by atoms with Gasteiger partial charge in [-0.2, -0.15) is 0 Å². The molecule has 0 bridgehead atoms. The first-order chi connectivity index (χ1) is 13.6. The summed E-state index contributed by atoms with van der Waals surface area (Å²) in [5.74, 6) is -0.632. The fourth-order valence-electron chi connectivity index (χ4n) is 5.29. The van der Waals surface area contributed by atoms with E-state index in [1.54, 1.807) is 0 Å². The van der Waals surface area contributed by atoms with Gasteiger partial charge in [-0.25, -0.2) is 4.79 Å². The molecule has 2 aliphatic heterocycles. The van der Waals surface area contributed by atoms with Gasteiger partial charge in [0.1, 0.15) is 0 Å². The van der Waals surface area contributed by atoms with Crippen LogP contribution in [0.4, 0.5) is 0 Å². The minimum atomic E-state index is -1.24. The van der Waals surface area contributed by atoms with E-state index >= 15 is 0 Å². The van der Waals surface area contributed by atoms with E-state index in [2.05, 4.69) is 52.1 Å². The molecule has 1 fully saturated rings. The highest BCUT2D eigenvalue weighted by molar-refractivity contribution is 5.94. The Bertz CT molecular complexity index is 750. The van der Waals surface area contributed by atoms with E-state index in [0.29, 0.717) is 12.3 Å². The summed E-state index contributed by atoms with van der Waals surface area (Å²) in [5, 5.41) is 13.3. The molecule has 0 aromatic rings. The topological polar surface area (TPSA) is 75.6 Å². The molecular weight excluding hydrogens is 366 g/mol. The Labute approximate surface area is 174 Å². The molecule has 0 saturated carbocycles. The average Bonchev–Trinajstić information content (AvgIpc) is 2.89. The number of ether oxygens (including phenoxy) is 1. The molecule has 0 unspecified atom stereocenters. The van der Waals surface area contributed by atoms with Crippen molar-refractivity contribution >= 4 is 11.9 Å². The number of aliphatic hydroxyl groups excluding tert-OH is 1. The Morgan fingerprint density at radius 2 is 2.00 bits per heavy atom. The standard InChI is InChI=1S/C24H35NO4/c1-14(2)11-20-22-17(5)16(4)13-18-12-15(3)7-6-8-19(26)9-10-21(27)29-24(18,22)23(28)25-20/h9-10,12-14,17-20,22,26H,6-8,11H2,1-5H3,(H,25,28)/b10-9+,15-12-/t17-,18-,19-,20-,22-,24+/m0/s1. The molecule has 29 heavy (non-hydrogen) atoms. The van der Waals surface area contributed by atoms with Crippen molar-refractivity contribution in [3.63, 3.8) is 0 Å². The summed E-state index contributed by atoms with van der Waals surface area (Å²) >= 11 is 0. The summed E-state index contributed by atoms with van der Waals surface area (Å²) in [4.78, 5) is 26.2. The summed E-state index contributed by atoms with van der Waals surface area (Å²) in [6.07, 6.45) is 9.40. The lowest BCUT2D eigenvalue weighted by atomic mass is 9.63. The molecule has 1 saturated heterocycles. The lowest BCUT2D eigenvalue weighted by Gasteiger charge is -2.45. The van der Waals surface area contributed by atoms with Gasteiger partial charge in [-0.15, -0.1) is 0 Å². The van der Waals surface area contributed by atoms with Crippen LogP contribution in [-0.4, -0.2) is 34.7 Å². The number of amides is 1. The second-order valence-corrected chi connectivity index (χ2v) is 9.51. The number of carbonyl (C=O) groups is 2. The number of allylic oxidation sites excluding steroid dienone is 2. The number of carbonyl (C=O) groups excluding carboxylic acids is 2. The number of esters is 1. The lowest BCUT2D eigenvalue weighted by molar-refractivity contribution is -0.172. The van der Waals surface area contributed by atoms with E-state index in [1.807, 2.05) is 0 Å². The van der Waals surface area contributed by atoms with E-state index in [4.69, 9.17) is 4.74 Å². The SMILES string of the molecule is CC1=C[C@@H]2/C=C(/C)CCC[C@H](O)/C=C/C(=O)O[C@]23C(=O)N[C@@H](CC(C)C)[C@@H]3[C@H]1C. The summed E-state index contributed by atoms with van der Waals surface area (Å²) < 4.78 is 6.04. The van der Waals surface area contributed by atoms with Gasteiger partial charge in [0, 0.05) is 24.0 Å². The van der Waals surface area contributed by atoms with Crippen LogP contribution in [0.3, 0.4) is 0 Å². The van der Waals surface area contributed by atoms with Crippen LogP contribution in [0, 0.1) is 23.7 Å². The molecule has 2 N–H and O–H groups in total. The number of hydrogen-bond acceptors (Lipinski definition) is 4. The van der Waals surface area contributed by atoms with Gasteiger partial charge in [0.05, 0.1) is 6.10 Å². The lowest BCUT2D eigenvalue weighted by Crippen LogP contribution is -2.56. The molecule has 3 rings (SSSR count). The molecule has 5 nitrogen and oxygen atoms in total. The molecule has 1 aliphatic carbocycles. The minimum Gasteiger partial charge on any atom is -0.444 e.